The first-order valence-electron chi connectivity index (χ1n) is 9.61. The van der Waals surface area contributed by atoms with Crippen molar-refractivity contribution in [2.45, 2.75) is 5.16 Å². The maximum atomic E-state index is 12.5. The number of ether oxygens (including phenoxy) is 1. The minimum Gasteiger partial charge on any atom is -0.495 e. The minimum atomic E-state index is -0.176. The molecule has 1 aromatic heterocycles. The van der Waals surface area contributed by atoms with E-state index in [4.69, 9.17) is 21.3 Å². The van der Waals surface area contributed by atoms with Crippen LogP contribution in [-0.4, -0.2) is 28.7 Å². The molecule has 0 spiro atoms. The van der Waals surface area contributed by atoms with E-state index in [0.29, 0.717) is 21.6 Å². The number of methoxy groups -OCH3 is 1. The molecule has 7 heteroatoms. The number of hydrogen-bond acceptors (Lipinski definition) is 4. The Kier molecular flexibility index (Phi) is 6.60. The summed E-state index contributed by atoms with van der Waals surface area (Å²) in [5.74, 6) is 0.564. The van der Waals surface area contributed by atoms with Gasteiger partial charge in [-0.1, -0.05) is 84.0 Å². The number of amides is 1. The number of nitrogens with zero attached hydrogens (tertiary/aromatic N) is 1. The van der Waals surface area contributed by atoms with Crippen LogP contribution in [0.3, 0.4) is 0 Å². The number of aromatic amines is 1. The third-order valence-electron chi connectivity index (χ3n) is 4.57. The van der Waals surface area contributed by atoms with Crippen molar-refractivity contribution >= 4 is 35.0 Å². The molecular formula is C24H20ClN3O2S. The number of aromatic nitrogens is 2. The highest BCUT2D eigenvalue weighted by atomic mass is 35.5. The number of carbonyl (C=O) groups is 1. The van der Waals surface area contributed by atoms with Gasteiger partial charge in [0.2, 0.25) is 5.91 Å². The number of imidazole rings is 1. The molecule has 2 N–H and O–H groups in total. The van der Waals surface area contributed by atoms with Crippen LogP contribution in [0, 0.1) is 0 Å². The summed E-state index contributed by atoms with van der Waals surface area (Å²) in [6.07, 6.45) is 0. The number of hydrogen-bond donors (Lipinski definition) is 2. The van der Waals surface area contributed by atoms with Crippen LogP contribution in [0.15, 0.2) is 84.0 Å². The number of halogens is 1. The smallest absolute Gasteiger partial charge is 0.234 e. The van der Waals surface area contributed by atoms with Gasteiger partial charge in [-0.05, 0) is 18.2 Å². The number of thioether (sulfide) groups is 1. The maximum Gasteiger partial charge on any atom is 0.234 e. The zero-order valence-corrected chi connectivity index (χ0v) is 18.3. The summed E-state index contributed by atoms with van der Waals surface area (Å²) in [4.78, 5) is 20.7. The number of anilines is 1. The third-order valence-corrected chi connectivity index (χ3v) is 5.68. The van der Waals surface area contributed by atoms with Crippen molar-refractivity contribution in [1.82, 2.24) is 9.97 Å². The van der Waals surface area contributed by atoms with Crippen LogP contribution in [0.4, 0.5) is 5.69 Å². The van der Waals surface area contributed by atoms with E-state index in [2.05, 4.69) is 10.3 Å². The van der Waals surface area contributed by atoms with E-state index in [0.717, 1.165) is 22.5 Å². The summed E-state index contributed by atoms with van der Waals surface area (Å²) < 4.78 is 5.28. The van der Waals surface area contributed by atoms with E-state index in [-0.39, 0.29) is 11.7 Å². The molecule has 0 unspecified atom stereocenters. The fourth-order valence-corrected chi connectivity index (χ4v) is 3.98. The van der Waals surface area contributed by atoms with Crippen LogP contribution in [0.2, 0.25) is 5.02 Å². The first-order chi connectivity index (χ1) is 15.1. The molecule has 0 saturated heterocycles. The number of benzene rings is 3. The molecule has 0 radical (unpaired) electrons. The molecule has 0 saturated carbocycles. The first kappa shape index (κ1) is 21.0. The zero-order chi connectivity index (χ0) is 21.6. The minimum absolute atomic E-state index is 0.176. The molecular weight excluding hydrogens is 430 g/mol. The van der Waals surface area contributed by atoms with Gasteiger partial charge in [-0.3, -0.25) is 4.79 Å². The van der Waals surface area contributed by atoms with Gasteiger partial charge in [-0.15, -0.1) is 0 Å². The van der Waals surface area contributed by atoms with E-state index >= 15 is 0 Å². The molecule has 0 bridgehead atoms. The van der Waals surface area contributed by atoms with Crippen LogP contribution in [0.25, 0.3) is 22.5 Å². The highest BCUT2D eigenvalue weighted by Crippen LogP contribution is 2.33. The summed E-state index contributed by atoms with van der Waals surface area (Å²) in [6.45, 7) is 0. The molecule has 31 heavy (non-hydrogen) atoms. The normalized spacial score (nSPS) is 10.6. The predicted octanol–water partition coefficient (Wildman–Crippen LogP) is 6.14. The number of H-pyrrole nitrogens is 1. The van der Waals surface area contributed by atoms with Crippen molar-refractivity contribution < 1.29 is 9.53 Å². The Bertz CT molecular complexity index is 1120. The molecule has 4 aromatic rings. The first-order valence-corrected chi connectivity index (χ1v) is 11.0. The lowest BCUT2D eigenvalue weighted by atomic mass is 10.1. The lowest BCUT2D eigenvalue weighted by Crippen LogP contribution is -2.14. The van der Waals surface area contributed by atoms with E-state index in [1.165, 1.54) is 11.8 Å². The van der Waals surface area contributed by atoms with Crippen molar-refractivity contribution in [3.63, 3.8) is 0 Å². The Hall–Kier alpha value is -3.22. The highest BCUT2D eigenvalue weighted by molar-refractivity contribution is 7.99. The van der Waals surface area contributed by atoms with E-state index in [1.807, 2.05) is 60.7 Å². The Morgan fingerprint density at radius 2 is 1.71 bits per heavy atom. The van der Waals surface area contributed by atoms with Crippen LogP contribution in [0.5, 0.6) is 5.75 Å². The van der Waals surface area contributed by atoms with Gasteiger partial charge >= 0.3 is 0 Å². The van der Waals surface area contributed by atoms with Crippen LogP contribution in [0.1, 0.15) is 0 Å². The van der Waals surface area contributed by atoms with Crippen molar-refractivity contribution in [2.75, 3.05) is 18.2 Å². The molecule has 0 atom stereocenters. The van der Waals surface area contributed by atoms with Gasteiger partial charge in [0.25, 0.3) is 0 Å². The lowest BCUT2D eigenvalue weighted by molar-refractivity contribution is -0.113. The predicted molar refractivity (Wildman–Crippen MR) is 127 cm³/mol. The van der Waals surface area contributed by atoms with Crippen LogP contribution < -0.4 is 10.1 Å². The van der Waals surface area contributed by atoms with Gasteiger partial charge < -0.3 is 15.0 Å². The number of nitrogens with one attached hydrogen (secondary N) is 2. The van der Waals surface area contributed by atoms with Gasteiger partial charge in [0.1, 0.15) is 5.75 Å². The molecule has 0 aliphatic carbocycles. The fourth-order valence-electron chi connectivity index (χ4n) is 3.14. The van der Waals surface area contributed by atoms with Gasteiger partial charge in [-0.2, -0.15) is 0 Å². The summed E-state index contributed by atoms with van der Waals surface area (Å²) in [6, 6.07) is 25.1. The molecule has 4 rings (SSSR count). The monoisotopic (exact) mass is 449 g/mol. The molecule has 0 fully saturated rings. The molecule has 0 aliphatic rings. The fraction of sp³-hybridized carbons (Fsp3) is 0.0833. The van der Waals surface area contributed by atoms with Crippen molar-refractivity contribution in [3.05, 3.63) is 83.9 Å². The third kappa shape index (κ3) is 5.10. The van der Waals surface area contributed by atoms with Gasteiger partial charge in [-0.25, -0.2) is 4.98 Å². The summed E-state index contributed by atoms with van der Waals surface area (Å²) in [5, 5.41) is 4.04. The summed E-state index contributed by atoms with van der Waals surface area (Å²) >= 11 is 7.38. The average molecular weight is 450 g/mol. The largest absolute Gasteiger partial charge is 0.495 e. The molecule has 3 aromatic carbocycles. The second kappa shape index (κ2) is 9.73. The molecule has 0 aliphatic heterocycles. The molecule has 156 valence electrons. The number of rotatable bonds is 7. The second-order valence-electron chi connectivity index (χ2n) is 6.68. The Balaban J connectivity index is 1.53. The molecule has 5 nitrogen and oxygen atoms in total. The Labute approximate surface area is 189 Å². The number of carbonyl (C=O) groups excluding carboxylic acids is 1. The van der Waals surface area contributed by atoms with Gasteiger partial charge in [0.15, 0.2) is 5.16 Å². The Morgan fingerprint density at radius 1 is 1.03 bits per heavy atom. The topological polar surface area (TPSA) is 67.0 Å². The highest BCUT2D eigenvalue weighted by Gasteiger charge is 2.16. The molecule has 1 heterocycles. The standard InChI is InChI=1S/C24H20ClN3O2S/c1-30-20-13-12-18(25)14-19(20)26-21(29)15-31-24-27-22(16-8-4-2-5-9-16)23(28-24)17-10-6-3-7-11-17/h2-14H,15H2,1H3,(H,26,29)(H,27,28). The Morgan fingerprint density at radius 3 is 2.39 bits per heavy atom. The summed E-state index contributed by atoms with van der Waals surface area (Å²) in [5.41, 5.74) is 4.36. The second-order valence-corrected chi connectivity index (χ2v) is 8.08. The van der Waals surface area contributed by atoms with Crippen molar-refractivity contribution in [1.29, 1.82) is 0 Å². The van der Waals surface area contributed by atoms with Crippen LogP contribution in [-0.2, 0) is 4.79 Å². The maximum absolute atomic E-state index is 12.5. The quantitative estimate of drug-likeness (QED) is 0.333. The van der Waals surface area contributed by atoms with Crippen LogP contribution >= 0.6 is 23.4 Å². The van der Waals surface area contributed by atoms with E-state index < -0.39 is 0 Å². The van der Waals surface area contributed by atoms with Crippen molar-refractivity contribution in [2.24, 2.45) is 0 Å². The van der Waals surface area contributed by atoms with Crippen molar-refractivity contribution in [3.8, 4) is 28.3 Å². The van der Waals surface area contributed by atoms with Gasteiger partial charge in [0.05, 0.1) is 29.9 Å². The van der Waals surface area contributed by atoms with Gasteiger partial charge in [0, 0.05) is 16.1 Å². The zero-order valence-electron chi connectivity index (χ0n) is 16.8. The SMILES string of the molecule is COc1ccc(Cl)cc1NC(=O)CSc1nc(-c2ccccc2)c(-c2ccccc2)[nH]1. The lowest BCUT2D eigenvalue weighted by Gasteiger charge is -2.10. The van der Waals surface area contributed by atoms with E-state index in [1.54, 1.807) is 25.3 Å². The molecule has 1 amide bonds. The average Bonchev–Trinajstić information content (AvgIpc) is 3.23. The summed E-state index contributed by atoms with van der Waals surface area (Å²) in [7, 11) is 1.55. The van der Waals surface area contributed by atoms with E-state index in [9.17, 15) is 4.79 Å².